The molecule has 0 radical (unpaired) electrons. The highest BCUT2D eigenvalue weighted by molar-refractivity contribution is 5.85. The molecule has 5 heteroatoms. The Hall–Kier alpha value is -0.710. The van der Waals surface area contributed by atoms with E-state index in [-0.39, 0.29) is 30.3 Å². The number of alkyl halides is 2. The molecule has 22 heavy (non-hydrogen) atoms. The van der Waals surface area contributed by atoms with E-state index in [1.165, 1.54) is 5.56 Å². The second-order valence-electron chi connectivity index (χ2n) is 6.80. The van der Waals surface area contributed by atoms with Gasteiger partial charge in [-0.3, -0.25) is 4.90 Å². The van der Waals surface area contributed by atoms with Crippen LogP contribution in [0.15, 0.2) is 24.3 Å². The lowest BCUT2D eigenvalue weighted by molar-refractivity contribution is 0.0739. The molecule has 2 nitrogen and oxygen atoms in total. The van der Waals surface area contributed by atoms with E-state index in [1.807, 2.05) is 12.1 Å². The third-order valence-electron chi connectivity index (χ3n) is 4.16. The van der Waals surface area contributed by atoms with Crippen LogP contribution in [0.4, 0.5) is 8.78 Å². The predicted octanol–water partition coefficient (Wildman–Crippen LogP) is 4.01. The van der Waals surface area contributed by atoms with Gasteiger partial charge < -0.3 is 5.32 Å². The van der Waals surface area contributed by atoms with Crippen molar-refractivity contribution in [2.45, 2.75) is 45.1 Å². The molecule has 1 fully saturated rings. The number of halogens is 3. The van der Waals surface area contributed by atoms with E-state index in [0.29, 0.717) is 0 Å². The predicted molar refractivity (Wildman–Crippen MR) is 90.2 cm³/mol. The summed E-state index contributed by atoms with van der Waals surface area (Å²) >= 11 is 0. The second-order valence-corrected chi connectivity index (χ2v) is 6.80. The molecule has 2 rings (SSSR count). The average molecular weight is 333 g/mol. The fourth-order valence-corrected chi connectivity index (χ4v) is 2.86. The Balaban J connectivity index is 0.00000242. The molecule has 1 aliphatic heterocycles. The lowest BCUT2D eigenvalue weighted by Gasteiger charge is -2.35. The minimum Gasteiger partial charge on any atom is -0.314 e. The lowest BCUT2D eigenvalue weighted by atomic mass is 9.86. The largest absolute Gasteiger partial charge is 0.314 e. The summed E-state index contributed by atoms with van der Waals surface area (Å²) in [5.74, 6) is 0. The molecule has 126 valence electrons. The summed E-state index contributed by atoms with van der Waals surface area (Å²) in [5, 5.41) is 3.27. The Kier molecular flexibility index (Phi) is 7.23. The quantitative estimate of drug-likeness (QED) is 0.896. The lowest BCUT2D eigenvalue weighted by Crippen LogP contribution is -2.45. The number of piperazine rings is 1. The molecule has 0 spiro atoms. The van der Waals surface area contributed by atoms with Crippen LogP contribution in [0.2, 0.25) is 0 Å². The number of hydrogen-bond acceptors (Lipinski definition) is 2. The standard InChI is InChI=1S/C17H26F2N2.ClH/c1-17(2,3)14-6-4-13(5-7-14)15(12-16(18)19)21-10-8-20-9-11-21;/h4-7,15-16,20H,8-12H2,1-3H3;1H/t15-;/m0./s1. The highest BCUT2D eigenvalue weighted by atomic mass is 35.5. The van der Waals surface area contributed by atoms with E-state index < -0.39 is 6.43 Å². The van der Waals surface area contributed by atoms with Crippen molar-refractivity contribution in [1.82, 2.24) is 10.2 Å². The van der Waals surface area contributed by atoms with Gasteiger partial charge in [0.2, 0.25) is 6.43 Å². The highest BCUT2D eigenvalue weighted by Crippen LogP contribution is 2.30. The number of rotatable bonds is 4. The summed E-state index contributed by atoms with van der Waals surface area (Å²) in [4.78, 5) is 2.18. The van der Waals surface area contributed by atoms with Crippen LogP contribution in [0.3, 0.4) is 0 Å². The van der Waals surface area contributed by atoms with E-state index in [4.69, 9.17) is 0 Å². The van der Waals surface area contributed by atoms with Crippen LogP contribution in [0.5, 0.6) is 0 Å². The zero-order chi connectivity index (χ0) is 15.5. The van der Waals surface area contributed by atoms with Crippen LogP contribution in [0, 0.1) is 0 Å². The summed E-state index contributed by atoms with van der Waals surface area (Å²) in [6, 6.07) is 8.03. The van der Waals surface area contributed by atoms with Gasteiger partial charge in [0.15, 0.2) is 0 Å². The molecular formula is C17H27ClF2N2. The molecule has 0 saturated carbocycles. The van der Waals surface area contributed by atoms with Crippen molar-refractivity contribution in [2.75, 3.05) is 26.2 Å². The third-order valence-corrected chi connectivity index (χ3v) is 4.16. The van der Waals surface area contributed by atoms with Gasteiger partial charge in [-0.2, -0.15) is 0 Å². The van der Waals surface area contributed by atoms with E-state index in [0.717, 1.165) is 31.7 Å². The molecular weight excluding hydrogens is 306 g/mol. The smallest absolute Gasteiger partial charge is 0.240 e. The van der Waals surface area contributed by atoms with Crippen LogP contribution in [0.25, 0.3) is 0 Å². The van der Waals surface area contributed by atoms with Gasteiger partial charge in [-0.05, 0) is 16.5 Å². The number of nitrogens with zero attached hydrogens (tertiary/aromatic N) is 1. The highest BCUT2D eigenvalue weighted by Gasteiger charge is 2.25. The van der Waals surface area contributed by atoms with Gasteiger partial charge in [0.25, 0.3) is 0 Å². The Morgan fingerprint density at radius 3 is 2.09 bits per heavy atom. The van der Waals surface area contributed by atoms with Gasteiger partial charge in [-0.15, -0.1) is 12.4 Å². The molecule has 0 amide bonds. The zero-order valence-electron chi connectivity index (χ0n) is 13.6. The first kappa shape index (κ1) is 19.3. The van der Waals surface area contributed by atoms with E-state index in [1.54, 1.807) is 0 Å². The monoisotopic (exact) mass is 332 g/mol. The topological polar surface area (TPSA) is 15.3 Å². The first-order chi connectivity index (χ1) is 9.88. The van der Waals surface area contributed by atoms with Crippen molar-refractivity contribution in [2.24, 2.45) is 0 Å². The van der Waals surface area contributed by atoms with Crippen LogP contribution in [-0.4, -0.2) is 37.5 Å². The van der Waals surface area contributed by atoms with Crippen LogP contribution < -0.4 is 5.32 Å². The Morgan fingerprint density at radius 2 is 1.64 bits per heavy atom. The van der Waals surface area contributed by atoms with Crippen molar-refractivity contribution < 1.29 is 8.78 Å². The van der Waals surface area contributed by atoms with Crippen LogP contribution in [-0.2, 0) is 5.41 Å². The zero-order valence-corrected chi connectivity index (χ0v) is 14.4. The fraction of sp³-hybridized carbons (Fsp3) is 0.647. The maximum absolute atomic E-state index is 13.0. The minimum absolute atomic E-state index is 0. The molecule has 0 bridgehead atoms. The summed E-state index contributed by atoms with van der Waals surface area (Å²) in [6.07, 6.45) is -2.36. The molecule has 1 aromatic carbocycles. The van der Waals surface area contributed by atoms with Gasteiger partial charge in [-0.25, -0.2) is 8.78 Å². The maximum atomic E-state index is 13.0. The summed E-state index contributed by atoms with van der Waals surface area (Å²) in [7, 11) is 0. The normalized spacial score (nSPS) is 18.1. The SMILES string of the molecule is CC(C)(C)c1ccc([C@H](CC(F)F)N2CCNCC2)cc1.Cl. The van der Waals surface area contributed by atoms with Crippen molar-refractivity contribution in [3.63, 3.8) is 0 Å². The molecule has 1 aliphatic rings. The molecule has 1 saturated heterocycles. The number of hydrogen-bond donors (Lipinski definition) is 1. The van der Waals surface area contributed by atoms with E-state index in [2.05, 4.69) is 43.1 Å². The fourth-order valence-electron chi connectivity index (χ4n) is 2.86. The Morgan fingerprint density at radius 1 is 1.09 bits per heavy atom. The Labute approximate surface area is 138 Å². The number of nitrogens with one attached hydrogen (secondary N) is 1. The van der Waals surface area contributed by atoms with Gasteiger partial charge in [0, 0.05) is 38.6 Å². The van der Waals surface area contributed by atoms with Crippen molar-refractivity contribution >= 4 is 12.4 Å². The average Bonchev–Trinajstić information content (AvgIpc) is 2.45. The molecule has 1 N–H and O–H groups in total. The van der Waals surface area contributed by atoms with Crippen LogP contribution in [0.1, 0.15) is 44.4 Å². The van der Waals surface area contributed by atoms with Gasteiger partial charge >= 0.3 is 0 Å². The van der Waals surface area contributed by atoms with Crippen molar-refractivity contribution in [3.05, 3.63) is 35.4 Å². The maximum Gasteiger partial charge on any atom is 0.240 e. The molecule has 0 aromatic heterocycles. The van der Waals surface area contributed by atoms with Gasteiger partial charge in [0.05, 0.1) is 0 Å². The number of benzene rings is 1. The third kappa shape index (κ3) is 5.18. The molecule has 1 heterocycles. The Bertz CT molecular complexity index is 437. The molecule has 1 aromatic rings. The van der Waals surface area contributed by atoms with Crippen molar-refractivity contribution in [1.29, 1.82) is 0 Å². The summed E-state index contributed by atoms with van der Waals surface area (Å²) in [6.45, 7) is 9.90. The van der Waals surface area contributed by atoms with Crippen LogP contribution >= 0.6 is 12.4 Å². The molecule has 1 atom stereocenters. The minimum atomic E-state index is -2.27. The van der Waals surface area contributed by atoms with E-state index >= 15 is 0 Å². The second kappa shape index (κ2) is 8.23. The summed E-state index contributed by atoms with van der Waals surface area (Å²) in [5.41, 5.74) is 2.33. The van der Waals surface area contributed by atoms with Gasteiger partial charge in [-0.1, -0.05) is 45.0 Å². The molecule has 0 aliphatic carbocycles. The molecule has 0 unspecified atom stereocenters. The first-order valence-corrected chi connectivity index (χ1v) is 7.71. The van der Waals surface area contributed by atoms with Gasteiger partial charge in [0.1, 0.15) is 0 Å². The first-order valence-electron chi connectivity index (χ1n) is 7.71. The summed E-state index contributed by atoms with van der Waals surface area (Å²) < 4.78 is 25.9. The van der Waals surface area contributed by atoms with E-state index in [9.17, 15) is 8.78 Å². The van der Waals surface area contributed by atoms with Crippen molar-refractivity contribution in [3.8, 4) is 0 Å².